The van der Waals surface area contributed by atoms with E-state index in [1.54, 1.807) is 0 Å². The molecule has 2 saturated carbocycles. The van der Waals surface area contributed by atoms with Gasteiger partial charge in [-0.25, -0.2) is 0 Å². The van der Waals surface area contributed by atoms with Gasteiger partial charge in [-0.2, -0.15) is 0 Å². The molecule has 18 heavy (non-hydrogen) atoms. The number of nitrogens with one attached hydrogen (secondary N) is 1. The zero-order valence-electron chi connectivity index (χ0n) is 11.5. The highest BCUT2D eigenvalue weighted by Crippen LogP contribution is 2.38. The lowest BCUT2D eigenvalue weighted by Gasteiger charge is -2.26. The Balaban J connectivity index is 1.56. The predicted molar refractivity (Wildman–Crippen MR) is 72.2 cm³/mol. The Bertz CT molecular complexity index is 312. The zero-order valence-corrected chi connectivity index (χ0v) is 11.5. The third-order valence-electron chi connectivity index (χ3n) is 5.40. The molecule has 1 aliphatic heterocycles. The summed E-state index contributed by atoms with van der Waals surface area (Å²) in [5.74, 6) is 2.53. The average molecular weight is 250 g/mol. The smallest absolute Gasteiger partial charge is 0.239 e. The molecule has 3 rings (SSSR count). The van der Waals surface area contributed by atoms with Gasteiger partial charge in [-0.1, -0.05) is 19.3 Å². The van der Waals surface area contributed by atoms with Gasteiger partial charge in [0.25, 0.3) is 0 Å². The third-order valence-corrected chi connectivity index (χ3v) is 5.40. The van der Waals surface area contributed by atoms with Gasteiger partial charge in [0, 0.05) is 13.6 Å². The number of hydrogen-bond donors (Lipinski definition) is 1. The highest BCUT2D eigenvalue weighted by atomic mass is 16.2. The summed E-state index contributed by atoms with van der Waals surface area (Å²) >= 11 is 0. The molecule has 0 aromatic heterocycles. The van der Waals surface area contributed by atoms with Crippen LogP contribution in [0.5, 0.6) is 0 Å². The van der Waals surface area contributed by atoms with Gasteiger partial charge in [0.15, 0.2) is 0 Å². The zero-order chi connectivity index (χ0) is 12.5. The first-order chi connectivity index (χ1) is 8.75. The first kappa shape index (κ1) is 12.5. The van der Waals surface area contributed by atoms with E-state index in [1.807, 2.05) is 11.9 Å². The van der Waals surface area contributed by atoms with Crippen molar-refractivity contribution in [2.24, 2.45) is 17.8 Å². The quantitative estimate of drug-likeness (QED) is 0.831. The van der Waals surface area contributed by atoms with E-state index >= 15 is 0 Å². The fourth-order valence-corrected chi connectivity index (χ4v) is 4.37. The lowest BCUT2D eigenvalue weighted by molar-refractivity contribution is -0.133. The Kier molecular flexibility index (Phi) is 3.60. The maximum Gasteiger partial charge on any atom is 0.239 e. The molecular formula is C15H26N2O. The number of carbonyl (C=O) groups excluding carboxylic acids is 1. The van der Waals surface area contributed by atoms with Crippen LogP contribution in [0.4, 0.5) is 0 Å². The highest BCUT2D eigenvalue weighted by molar-refractivity contribution is 5.82. The van der Waals surface area contributed by atoms with Crippen LogP contribution in [-0.2, 0) is 4.79 Å². The fraction of sp³-hybridized carbons (Fsp3) is 0.933. The second kappa shape index (κ2) is 5.20. The monoisotopic (exact) mass is 250 g/mol. The van der Waals surface area contributed by atoms with Crippen LogP contribution < -0.4 is 5.32 Å². The number of rotatable bonds is 3. The maximum atomic E-state index is 12.5. The van der Waals surface area contributed by atoms with Crippen molar-refractivity contribution >= 4 is 5.91 Å². The molecule has 0 bridgehead atoms. The lowest BCUT2D eigenvalue weighted by Crippen LogP contribution is -2.46. The van der Waals surface area contributed by atoms with Crippen molar-refractivity contribution in [1.82, 2.24) is 10.2 Å². The van der Waals surface area contributed by atoms with Gasteiger partial charge in [-0.15, -0.1) is 0 Å². The van der Waals surface area contributed by atoms with Crippen molar-refractivity contribution in [3.63, 3.8) is 0 Å². The number of carbonyl (C=O) groups is 1. The van der Waals surface area contributed by atoms with E-state index in [-0.39, 0.29) is 6.04 Å². The van der Waals surface area contributed by atoms with Gasteiger partial charge < -0.3 is 10.2 Å². The van der Waals surface area contributed by atoms with E-state index in [0.29, 0.717) is 11.8 Å². The molecule has 1 saturated heterocycles. The second-order valence-electron chi connectivity index (χ2n) is 6.61. The summed E-state index contributed by atoms with van der Waals surface area (Å²) in [6.07, 6.45) is 9.27. The van der Waals surface area contributed by atoms with Crippen LogP contribution in [0, 0.1) is 17.8 Å². The molecular weight excluding hydrogens is 224 g/mol. The molecule has 0 radical (unpaired) electrons. The van der Waals surface area contributed by atoms with Crippen LogP contribution in [-0.4, -0.2) is 37.0 Å². The topological polar surface area (TPSA) is 32.3 Å². The van der Waals surface area contributed by atoms with Crippen molar-refractivity contribution in [2.75, 3.05) is 20.1 Å². The molecule has 1 N–H and O–H groups in total. The van der Waals surface area contributed by atoms with E-state index in [2.05, 4.69) is 5.32 Å². The summed E-state index contributed by atoms with van der Waals surface area (Å²) in [5.41, 5.74) is 0. The molecule has 2 aliphatic carbocycles. The maximum absolute atomic E-state index is 12.5. The summed E-state index contributed by atoms with van der Waals surface area (Å²) in [6, 6.07) is 0.129. The minimum absolute atomic E-state index is 0.129. The lowest BCUT2D eigenvalue weighted by atomic mass is 9.93. The van der Waals surface area contributed by atoms with E-state index in [0.717, 1.165) is 24.9 Å². The Morgan fingerprint density at radius 1 is 1.17 bits per heavy atom. The van der Waals surface area contributed by atoms with Gasteiger partial charge in [-0.3, -0.25) is 4.79 Å². The van der Waals surface area contributed by atoms with E-state index < -0.39 is 0 Å². The summed E-state index contributed by atoms with van der Waals surface area (Å²) < 4.78 is 0. The number of amides is 1. The van der Waals surface area contributed by atoms with Crippen molar-refractivity contribution in [3.05, 3.63) is 0 Å². The Hall–Kier alpha value is -0.570. The third kappa shape index (κ3) is 2.29. The van der Waals surface area contributed by atoms with Crippen LogP contribution in [0.25, 0.3) is 0 Å². The normalized spacial score (nSPS) is 35.9. The molecule has 3 unspecified atom stereocenters. The van der Waals surface area contributed by atoms with Gasteiger partial charge in [0.2, 0.25) is 5.91 Å². The van der Waals surface area contributed by atoms with E-state index in [9.17, 15) is 4.79 Å². The van der Waals surface area contributed by atoms with Crippen molar-refractivity contribution < 1.29 is 4.79 Å². The van der Waals surface area contributed by atoms with Gasteiger partial charge in [-0.05, 0) is 50.0 Å². The molecule has 0 aromatic rings. The minimum Gasteiger partial charge on any atom is -0.344 e. The van der Waals surface area contributed by atoms with Crippen molar-refractivity contribution in [2.45, 2.75) is 51.0 Å². The molecule has 102 valence electrons. The van der Waals surface area contributed by atoms with Crippen LogP contribution in [0.3, 0.4) is 0 Å². The minimum atomic E-state index is 0.129. The van der Waals surface area contributed by atoms with E-state index in [4.69, 9.17) is 0 Å². The molecule has 0 aromatic carbocycles. The Labute approximate surface area is 110 Å². The van der Waals surface area contributed by atoms with Crippen LogP contribution in [0.15, 0.2) is 0 Å². The SMILES string of the molecule is CN(CC1CCCC1)C(=O)C1NCC2CCCC21. The largest absolute Gasteiger partial charge is 0.344 e. The summed E-state index contributed by atoms with van der Waals surface area (Å²) in [7, 11) is 2.00. The van der Waals surface area contributed by atoms with Crippen LogP contribution in [0.1, 0.15) is 44.9 Å². The molecule has 0 spiro atoms. The Morgan fingerprint density at radius 2 is 1.94 bits per heavy atom. The van der Waals surface area contributed by atoms with Gasteiger partial charge in [0.1, 0.15) is 0 Å². The van der Waals surface area contributed by atoms with Crippen LogP contribution >= 0.6 is 0 Å². The molecule has 3 aliphatic rings. The summed E-state index contributed by atoms with van der Waals surface area (Å²) in [4.78, 5) is 14.5. The van der Waals surface area contributed by atoms with Gasteiger partial charge in [0.05, 0.1) is 6.04 Å². The number of fused-ring (bicyclic) bond motifs is 1. The van der Waals surface area contributed by atoms with E-state index in [1.165, 1.54) is 44.9 Å². The summed E-state index contributed by atoms with van der Waals surface area (Å²) in [6.45, 7) is 2.05. The predicted octanol–water partition coefficient (Wildman–Crippen LogP) is 2.02. The Morgan fingerprint density at radius 3 is 2.72 bits per heavy atom. The molecule has 3 nitrogen and oxygen atoms in total. The highest BCUT2D eigenvalue weighted by Gasteiger charge is 2.43. The number of hydrogen-bond acceptors (Lipinski definition) is 2. The molecule has 3 fully saturated rings. The molecule has 3 heteroatoms. The number of likely N-dealkylation sites (N-methyl/N-ethyl adjacent to an activating group) is 1. The standard InChI is InChI=1S/C15H26N2O/c1-17(10-11-5-2-3-6-11)15(18)14-13-8-4-7-12(13)9-16-14/h11-14,16H,2-10H2,1H3. The second-order valence-corrected chi connectivity index (χ2v) is 6.61. The van der Waals surface area contributed by atoms with Crippen molar-refractivity contribution in [1.29, 1.82) is 0 Å². The van der Waals surface area contributed by atoms with Crippen molar-refractivity contribution in [3.8, 4) is 0 Å². The fourth-order valence-electron chi connectivity index (χ4n) is 4.37. The first-order valence-electron chi connectivity index (χ1n) is 7.74. The number of nitrogens with zero attached hydrogens (tertiary/aromatic N) is 1. The first-order valence-corrected chi connectivity index (χ1v) is 7.74. The summed E-state index contributed by atoms with van der Waals surface area (Å²) in [5, 5.41) is 3.47. The van der Waals surface area contributed by atoms with Gasteiger partial charge >= 0.3 is 0 Å². The van der Waals surface area contributed by atoms with Crippen LogP contribution in [0.2, 0.25) is 0 Å². The molecule has 3 atom stereocenters. The average Bonchev–Trinajstić information content (AvgIpc) is 3.04. The molecule has 1 amide bonds. The molecule has 1 heterocycles.